The topological polar surface area (TPSA) is 83.5 Å². The largest absolute Gasteiger partial charge is 0.240 e. The van der Waals surface area contributed by atoms with Crippen LogP contribution in [0.5, 0.6) is 0 Å². The molecule has 0 saturated carbocycles. The van der Waals surface area contributed by atoms with Gasteiger partial charge in [-0.15, -0.1) is 11.6 Å². The fourth-order valence-electron chi connectivity index (χ4n) is 3.03. The fraction of sp³-hybridized carbons (Fsp3) is 0.625. The molecule has 6 nitrogen and oxygen atoms in total. The molecule has 1 fully saturated rings. The van der Waals surface area contributed by atoms with Gasteiger partial charge in [0.25, 0.3) is 0 Å². The van der Waals surface area contributed by atoms with Crippen LogP contribution in [0.1, 0.15) is 31.7 Å². The van der Waals surface area contributed by atoms with Crippen molar-refractivity contribution >= 4 is 31.6 Å². The number of nitrogens with one attached hydrogen (secondary N) is 1. The van der Waals surface area contributed by atoms with Gasteiger partial charge < -0.3 is 0 Å². The van der Waals surface area contributed by atoms with E-state index in [0.29, 0.717) is 13.1 Å². The number of sulfonamides is 2. The van der Waals surface area contributed by atoms with Crippen LogP contribution in [0.15, 0.2) is 29.2 Å². The van der Waals surface area contributed by atoms with Crippen LogP contribution in [0.2, 0.25) is 0 Å². The SMILES string of the molecule is CC[C@H]([C@H](CCl)NS(=O)(=O)c1ccc(C)cc1)S(=O)(=O)N1CCCC1. The minimum atomic E-state index is -3.84. The van der Waals surface area contributed by atoms with Crippen LogP contribution >= 0.6 is 11.6 Å². The van der Waals surface area contributed by atoms with Gasteiger partial charge >= 0.3 is 0 Å². The summed E-state index contributed by atoms with van der Waals surface area (Å²) >= 11 is 5.96. The Labute approximate surface area is 155 Å². The molecule has 1 aromatic rings. The van der Waals surface area contributed by atoms with E-state index < -0.39 is 31.3 Å². The quantitative estimate of drug-likeness (QED) is 0.667. The smallest absolute Gasteiger partial charge is 0.212 e. The van der Waals surface area contributed by atoms with Crippen molar-refractivity contribution in [3.05, 3.63) is 29.8 Å². The van der Waals surface area contributed by atoms with Gasteiger partial charge in [0.2, 0.25) is 20.0 Å². The average Bonchev–Trinajstić information content (AvgIpc) is 3.10. The Bertz CT molecular complexity index is 773. The van der Waals surface area contributed by atoms with Gasteiger partial charge in [0.05, 0.1) is 16.2 Å². The van der Waals surface area contributed by atoms with Gasteiger partial charge in [0, 0.05) is 19.0 Å². The van der Waals surface area contributed by atoms with Crippen molar-refractivity contribution in [1.82, 2.24) is 9.03 Å². The number of hydrogen-bond donors (Lipinski definition) is 1. The van der Waals surface area contributed by atoms with Gasteiger partial charge in [-0.25, -0.2) is 25.9 Å². The minimum Gasteiger partial charge on any atom is -0.212 e. The standard InChI is InChI=1S/C16H25ClN2O4S2/c1-3-16(25(22,23)19-10-4-5-11-19)15(12-17)18-24(20,21)14-8-6-13(2)7-9-14/h6-9,15-16,18H,3-5,10-12H2,1-2H3/t15-,16+/m0/s1. The van der Waals surface area contributed by atoms with Crippen LogP contribution in [0.4, 0.5) is 0 Å². The molecule has 0 bridgehead atoms. The first-order valence-corrected chi connectivity index (χ1v) is 11.9. The number of halogens is 1. The number of alkyl halides is 1. The van der Waals surface area contributed by atoms with Crippen LogP contribution in [0, 0.1) is 6.92 Å². The number of rotatable bonds is 8. The Morgan fingerprint density at radius 1 is 1.12 bits per heavy atom. The van der Waals surface area contributed by atoms with Crippen molar-refractivity contribution in [2.24, 2.45) is 0 Å². The monoisotopic (exact) mass is 408 g/mol. The highest BCUT2D eigenvalue weighted by molar-refractivity contribution is 7.90. The lowest BCUT2D eigenvalue weighted by molar-refractivity contribution is 0.446. The van der Waals surface area contributed by atoms with Gasteiger partial charge in [-0.1, -0.05) is 24.6 Å². The Hall–Kier alpha value is -0.670. The number of aryl methyl sites for hydroxylation is 1. The molecular formula is C16H25ClN2O4S2. The summed E-state index contributed by atoms with van der Waals surface area (Å²) in [5.41, 5.74) is 0.941. The normalized spacial score (nSPS) is 19.0. The van der Waals surface area contributed by atoms with Gasteiger partial charge in [0.15, 0.2) is 0 Å². The highest BCUT2D eigenvalue weighted by atomic mass is 35.5. The molecule has 2 atom stereocenters. The van der Waals surface area contributed by atoms with E-state index in [1.807, 2.05) is 6.92 Å². The molecule has 0 aromatic heterocycles. The molecule has 1 heterocycles. The molecule has 9 heteroatoms. The van der Waals surface area contributed by atoms with Gasteiger partial charge in [-0.05, 0) is 38.3 Å². The first-order chi connectivity index (χ1) is 11.7. The van der Waals surface area contributed by atoms with E-state index in [1.54, 1.807) is 19.1 Å². The van der Waals surface area contributed by atoms with Crippen LogP contribution < -0.4 is 4.72 Å². The molecule has 1 aromatic carbocycles. The van der Waals surface area contributed by atoms with Crippen LogP contribution in [-0.2, 0) is 20.0 Å². The zero-order valence-electron chi connectivity index (χ0n) is 14.5. The molecule has 1 N–H and O–H groups in total. The summed E-state index contributed by atoms with van der Waals surface area (Å²) in [5.74, 6) is -0.114. The summed E-state index contributed by atoms with van der Waals surface area (Å²) in [5, 5.41) is -0.886. The third-order valence-electron chi connectivity index (χ3n) is 4.46. The molecule has 2 rings (SSSR count). The summed E-state index contributed by atoms with van der Waals surface area (Å²) in [7, 11) is -7.45. The lowest BCUT2D eigenvalue weighted by Gasteiger charge is -2.29. The van der Waals surface area contributed by atoms with Crippen molar-refractivity contribution in [3.63, 3.8) is 0 Å². The second-order valence-electron chi connectivity index (χ2n) is 6.29. The molecule has 0 unspecified atom stereocenters. The summed E-state index contributed by atoms with van der Waals surface area (Å²) in [4.78, 5) is 0.0987. The van der Waals surface area contributed by atoms with Crippen molar-refractivity contribution in [1.29, 1.82) is 0 Å². The van der Waals surface area contributed by atoms with Gasteiger partial charge in [-0.3, -0.25) is 0 Å². The average molecular weight is 409 g/mol. The van der Waals surface area contributed by atoms with E-state index in [2.05, 4.69) is 4.72 Å². The Morgan fingerprint density at radius 3 is 2.16 bits per heavy atom. The van der Waals surface area contributed by atoms with Gasteiger partial charge in [-0.2, -0.15) is 0 Å². The molecule has 0 spiro atoms. The molecule has 0 aliphatic carbocycles. The van der Waals surface area contributed by atoms with Crippen molar-refractivity contribution in [2.45, 2.75) is 49.3 Å². The molecule has 1 saturated heterocycles. The molecule has 142 valence electrons. The van der Waals surface area contributed by atoms with Crippen LogP contribution in [-0.4, -0.2) is 51.4 Å². The third-order valence-corrected chi connectivity index (χ3v) is 8.81. The van der Waals surface area contributed by atoms with E-state index in [1.165, 1.54) is 16.4 Å². The number of nitrogens with zero attached hydrogens (tertiary/aromatic N) is 1. The zero-order chi connectivity index (χ0) is 18.7. The maximum Gasteiger partial charge on any atom is 0.240 e. The molecule has 0 radical (unpaired) electrons. The van der Waals surface area contributed by atoms with Gasteiger partial charge in [0.1, 0.15) is 0 Å². The third kappa shape index (κ3) is 4.74. The summed E-state index contributed by atoms with van der Waals surface area (Å²) < 4.78 is 54.9. The Kier molecular flexibility index (Phi) is 6.89. The Morgan fingerprint density at radius 2 is 1.68 bits per heavy atom. The van der Waals surface area contributed by atoms with Crippen molar-refractivity contribution < 1.29 is 16.8 Å². The van der Waals surface area contributed by atoms with Crippen molar-refractivity contribution in [2.75, 3.05) is 19.0 Å². The van der Waals surface area contributed by atoms with E-state index >= 15 is 0 Å². The van der Waals surface area contributed by atoms with E-state index in [9.17, 15) is 16.8 Å². The fourth-order valence-corrected chi connectivity index (χ4v) is 7.03. The first-order valence-electron chi connectivity index (χ1n) is 8.36. The molecule has 1 aliphatic heterocycles. The molecule has 1 aliphatic rings. The first kappa shape index (κ1) is 20.6. The predicted octanol–water partition coefficient (Wildman–Crippen LogP) is 2.08. The molecule has 0 amide bonds. The van der Waals surface area contributed by atoms with E-state index in [4.69, 9.17) is 11.6 Å². The second kappa shape index (κ2) is 8.35. The van der Waals surface area contributed by atoms with E-state index in [-0.39, 0.29) is 17.2 Å². The molecule has 25 heavy (non-hydrogen) atoms. The summed E-state index contributed by atoms with van der Waals surface area (Å²) in [6, 6.07) is 5.51. The van der Waals surface area contributed by atoms with Crippen LogP contribution in [0.25, 0.3) is 0 Å². The molecular weight excluding hydrogens is 384 g/mol. The number of hydrogen-bond acceptors (Lipinski definition) is 4. The maximum absolute atomic E-state index is 12.9. The summed E-state index contributed by atoms with van der Waals surface area (Å²) in [6.45, 7) is 4.57. The zero-order valence-corrected chi connectivity index (χ0v) is 16.9. The Balaban J connectivity index is 2.26. The predicted molar refractivity (Wildman–Crippen MR) is 99.8 cm³/mol. The summed E-state index contributed by atoms with van der Waals surface area (Å²) in [6.07, 6.45) is 1.94. The lowest BCUT2D eigenvalue weighted by atomic mass is 10.2. The highest BCUT2D eigenvalue weighted by Gasteiger charge is 2.39. The minimum absolute atomic E-state index is 0.0987. The van der Waals surface area contributed by atoms with E-state index in [0.717, 1.165) is 18.4 Å². The maximum atomic E-state index is 12.9. The lowest BCUT2D eigenvalue weighted by Crippen LogP contribution is -2.51. The highest BCUT2D eigenvalue weighted by Crippen LogP contribution is 2.23. The second-order valence-corrected chi connectivity index (χ2v) is 10.5. The van der Waals surface area contributed by atoms with Crippen LogP contribution in [0.3, 0.4) is 0 Å². The number of benzene rings is 1. The van der Waals surface area contributed by atoms with Crippen molar-refractivity contribution in [3.8, 4) is 0 Å².